The van der Waals surface area contributed by atoms with Crippen LogP contribution in [0.25, 0.3) is 0 Å². The quantitative estimate of drug-likeness (QED) is 0.795. The van der Waals surface area contributed by atoms with Crippen molar-refractivity contribution in [2.75, 3.05) is 0 Å². The molecule has 0 aliphatic rings. The van der Waals surface area contributed by atoms with Gasteiger partial charge in [-0.3, -0.25) is 9.59 Å². The van der Waals surface area contributed by atoms with E-state index >= 15 is 0 Å². The molecule has 2 aromatic carbocycles. The van der Waals surface area contributed by atoms with E-state index in [9.17, 15) is 9.59 Å². The number of nitrogens with two attached hydrogens (primary N) is 1. The van der Waals surface area contributed by atoms with Crippen LogP contribution in [-0.2, 0) is 17.6 Å². The summed E-state index contributed by atoms with van der Waals surface area (Å²) in [7, 11) is 0. The largest absolute Gasteiger partial charge is 0.480 e. The van der Waals surface area contributed by atoms with E-state index in [1.807, 2.05) is 36.4 Å². The summed E-state index contributed by atoms with van der Waals surface area (Å²) < 4.78 is 0. The maximum Gasteiger partial charge on any atom is 0.320 e. The van der Waals surface area contributed by atoms with E-state index < -0.39 is 12.0 Å². The molecular formula is C17H17NO3. The van der Waals surface area contributed by atoms with Crippen LogP contribution in [0.5, 0.6) is 0 Å². The summed E-state index contributed by atoms with van der Waals surface area (Å²) >= 11 is 0. The third kappa shape index (κ3) is 4.26. The van der Waals surface area contributed by atoms with Gasteiger partial charge in [-0.25, -0.2) is 0 Å². The lowest BCUT2D eigenvalue weighted by molar-refractivity contribution is -0.138. The van der Waals surface area contributed by atoms with Crippen molar-refractivity contribution < 1.29 is 14.7 Å². The molecule has 0 bridgehead atoms. The lowest BCUT2D eigenvalue weighted by Crippen LogP contribution is -2.32. The minimum atomic E-state index is -0.991. The van der Waals surface area contributed by atoms with Gasteiger partial charge in [0.15, 0.2) is 0 Å². The predicted molar refractivity (Wildman–Crippen MR) is 80.4 cm³/mol. The van der Waals surface area contributed by atoms with Gasteiger partial charge in [0.25, 0.3) is 0 Å². The number of aliphatic carboxylic acids is 1. The molecule has 4 nitrogen and oxygen atoms in total. The monoisotopic (exact) mass is 283 g/mol. The molecule has 0 fully saturated rings. The van der Waals surface area contributed by atoms with Gasteiger partial charge in [0.2, 0.25) is 0 Å². The molecular weight excluding hydrogens is 266 g/mol. The number of hydrogen-bond donors (Lipinski definition) is 2. The first-order valence-electron chi connectivity index (χ1n) is 6.69. The van der Waals surface area contributed by atoms with Crippen molar-refractivity contribution >= 4 is 12.3 Å². The molecule has 0 radical (unpaired) electrons. The van der Waals surface area contributed by atoms with Gasteiger partial charge >= 0.3 is 5.97 Å². The van der Waals surface area contributed by atoms with E-state index in [1.54, 1.807) is 12.1 Å². The summed E-state index contributed by atoms with van der Waals surface area (Å²) in [5.41, 5.74) is 9.33. The molecule has 2 aromatic rings. The number of rotatable bonds is 6. The van der Waals surface area contributed by atoms with Crippen LogP contribution in [0.2, 0.25) is 0 Å². The van der Waals surface area contributed by atoms with Gasteiger partial charge in [-0.2, -0.15) is 0 Å². The molecule has 2 rings (SSSR count). The highest BCUT2D eigenvalue weighted by molar-refractivity contribution is 5.74. The van der Waals surface area contributed by atoms with Gasteiger partial charge in [-0.05, 0) is 29.5 Å². The SMILES string of the molecule is N[C@@H](Cc1ccc(Cc2ccc(C=O)cc2)cc1)C(=O)O. The van der Waals surface area contributed by atoms with Crippen molar-refractivity contribution in [3.8, 4) is 0 Å². The summed E-state index contributed by atoms with van der Waals surface area (Å²) in [6.07, 6.45) is 1.91. The van der Waals surface area contributed by atoms with E-state index in [0.717, 1.165) is 29.4 Å². The fraction of sp³-hybridized carbons (Fsp3) is 0.176. The molecule has 0 saturated heterocycles. The van der Waals surface area contributed by atoms with Crippen molar-refractivity contribution in [1.29, 1.82) is 0 Å². The molecule has 21 heavy (non-hydrogen) atoms. The number of hydrogen-bond acceptors (Lipinski definition) is 3. The predicted octanol–water partition coefficient (Wildman–Crippen LogP) is 2.04. The van der Waals surface area contributed by atoms with Crippen LogP contribution in [0.3, 0.4) is 0 Å². The first kappa shape index (κ1) is 14.9. The van der Waals surface area contributed by atoms with Crippen LogP contribution in [0.1, 0.15) is 27.0 Å². The van der Waals surface area contributed by atoms with E-state index in [4.69, 9.17) is 10.8 Å². The fourth-order valence-electron chi connectivity index (χ4n) is 2.08. The maximum atomic E-state index is 10.7. The molecule has 3 N–H and O–H groups in total. The Kier molecular flexibility index (Phi) is 4.85. The van der Waals surface area contributed by atoms with Crippen molar-refractivity contribution in [3.63, 3.8) is 0 Å². The summed E-state index contributed by atoms with van der Waals surface area (Å²) in [6, 6.07) is 14.3. The Bertz CT molecular complexity index is 617. The molecule has 0 spiro atoms. The Hall–Kier alpha value is -2.46. The van der Waals surface area contributed by atoms with Crippen molar-refractivity contribution in [1.82, 2.24) is 0 Å². The number of benzene rings is 2. The molecule has 0 aliphatic heterocycles. The van der Waals surface area contributed by atoms with E-state index in [2.05, 4.69) is 0 Å². The molecule has 4 heteroatoms. The highest BCUT2D eigenvalue weighted by Gasteiger charge is 2.11. The van der Waals surface area contributed by atoms with E-state index in [1.165, 1.54) is 0 Å². The summed E-state index contributed by atoms with van der Waals surface area (Å²) in [6.45, 7) is 0. The Morgan fingerprint density at radius 3 is 1.95 bits per heavy atom. The zero-order chi connectivity index (χ0) is 15.2. The number of aldehydes is 1. The third-order valence-electron chi connectivity index (χ3n) is 3.32. The van der Waals surface area contributed by atoms with Crippen molar-refractivity contribution in [3.05, 3.63) is 70.8 Å². The van der Waals surface area contributed by atoms with Crippen LogP contribution in [-0.4, -0.2) is 23.4 Å². The molecule has 0 unspecified atom stereocenters. The topological polar surface area (TPSA) is 80.4 Å². The van der Waals surface area contributed by atoms with Crippen LogP contribution < -0.4 is 5.73 Å². The van der Waals surface area contributed by atoms with Crippen LogP contribution in [0.15, 0.2) is 48.5 Å². The number of carboxylic acid groups (broad SMARTS) is 1. The zero-order valence-corrected chi connectivity index (χ0v) is 11.5. The zero-order valence-electron chi connectivity index (χ0n) is 11.5. The second kappa shape index (κ2) is 6.81. The minimum Gasteiger partial charge on any atom is -0.480 e. The second-order valence-electron chi connectivity index (χ2n) is 5.00. The molecule has 0 saturated carbocycles. The fourth-order valence-corrected chi connectivity index (χ4v) is 2.08. The van der Waals surface area contributed by atoms with E-state index in [-0.39, 0.29) is 0 Å². The van der Waals surface area contributed by atoms with Crippen molar-refractivity contribution in [2.24, 2.45) is 5.73 Å². The van der Waals surface area contributed by atoms with Gasteiger partial charge in [-0.15, -0.1) is 0 Å². The highest BCUT2D eigenvalue weighted by Crippen LogP contribution is 2.12. The standard InChI is InChI=1S/C17H17NO3/c18-16(17(20)21)10-14-3-1-12(2-4-14)9-13-5-7-15(11-19)8-6-13/h1-8,11,16H,9-10,18H2,(H,20,21)/t16-/m0/s1. The lowest BCUT2D eigenvalue weighted by atomic mass is 10.0. The minimum absolute atomic E-state index is 0.323. The maximum absolute atomic E-state index is 10.7. The highest BCUT2D eigenvalue weighted by atomic mass is 16.4. The average molecular weight is 283 g/mol. The Labute approximate surface area is 123 Å². The number of carboxylic acids is 1. The smallest absolute Gasteiger partial charge is 0.320 e. The number of carbonyl (C=O) groups is 2. The summed E-state index contributed by atoms with van der Waals surface area (Å²) in [5.74, 6) is -0.991. The van der Waals surface area contributed by atoms with E-state index in [0.29, 0.717) is 12.0 Å². The van der Waals surface area contributed by atoms with Gasteiger partial charge in [0.05, 0.1) is 0 Å². The summed E-state index contributed by atoms with van der Waals surface area (Å²) in [5, 5.41) is 8.79. The normalized spacial score (nSPS) is 11.9. The average Bonchev–Trinajstić information content (AvgIpc) is 2.50. The van der Waals surface area contributed by atoms with Gasteiger partial charge in [-0.1, -0.05) is 48.5 Å². The van der Waals surface area contributed by atoms with Gasteiger partial charge in [0.1, 0.15) is 12.3 Å². The van der Waals surface area contributed by atoms with Crippen molar-refractivity contribution in [2.45, 2.75) is 18.9 Å². The Morgan fingerprint density at radius 1 is 1.00 bits per heavy atom. The van der Waals surface area contributed by atoms with Crippen LogP contribution in [0.4, 0.5) is 0 Å². The Balaban J connectivity index is 2.01. The number of carbonyl (C=O) groups excluding carboxylic acids is 1. The molecule has 0 amide bonds. The molecule has 0 heterocycles. The Morgan fingerprint density at radius 2 is 1.48 bits per heavy atom. The molecule has 0 aromatic heterocycles. The van der Waals surface area contributed by atoms with Crippen LogP contribution in [0, 0.1) is 0 Å². The first-order chi connectivity index (χ1) is 10.1. The first-order valence-corrected chi connectivity index (χ1v) is 6.69. The van der Waals surface area contributed by atoms with Gasteiger partial charge in [0, 0.05) is 5.56 Å². The van der Waals surface area contributed by atoms with Gasteiger partial charge < -0.3 is 10.8 Å². The summed E-state index contributed by atoms with van der Waals surface area (Å²) in [4.78, 5) is 21.3. The third-order valence-corrected chi connectivity index (χ3v) is 3.32. The van der Waals surface area contributed by atoms with Crippen LogP contribution >= 0.6 is 0 Å². The lowest BCUT2D eigenvalue weighted by Gasteiger charge is -2.08. The molecule has 1 atom stereocenters. The second-order valence-corrected chi connectivity index (χ2v) is 5.00. The molecule has 0 aliphatic carbocycles. The molecule has 108 valence electrons.